The van der Waals surface area contributed by atoms with Crippen molar-refractivity contribution in [3.05, 3.63) is 33.8 Å². The summed E-state index contributed by atoms with van der Waals surface area (Å²) in [6, 6.07) is 2.40. The summed E-state index contributed by atoms with van der Waals surface area (Å²) >= 11 is 2.97. The second-order valence-electron chi connectivity index (χ2n) is 4.16. The SMILES string of the molecule is COC(OC)C(C)(O)Cc1c(F)ccc(Br)c1F. The molecule has 1 aromatic carbocycles. The highest BCUT2D eigenvalue weighted by atomic mass is 79.9. The Labute approximate surface area is 113 Å². The Kier molecular flexibility index (Phi) is 5.21. The van der Waals surface area contributed by atoms with Gasteiger partial charge in [-0.15, -0.1) is 0 Å². The smallest absolute Gasteiger partial charge is 0.185 e. The van der Waals surface area contributed by atoms with E-state index in [0.29, 0.717) is 0 Å². The van der Waals surface area contributed by atoms with Crippen molar-refractivity contribution in [2.45, 2.75) is 25.2 Å². The lowest BCUT2D eigenvalue weighted by molar-refractivity contribution is -0.207. The molecule has 0 fully saturated rings. The third-order valence-corrected chi connectivity index (χ3v) is 3.22. The molecule has 6 heteroatoms. The third-order valence-electron chi connectivity index (χ3n) is 2.61. The predicted molar refractivity (Wildman–Crippen MR) is 66.2 cm³/mol. The minimum absolute atomic E-state index is 0.140. The van der Waals surface area contributed by atoms with Crippen LogP contribution in [0.15, 0.2) is 16.6 Å². The van der Waals surface area contributed by atoms with Crippen LogP contribution in [0.4, 0.5) is 8.78 Å². The maximum Gasteiger partial charge on any atom is 0.185 e. The molecule has 0 aliphatic carbocycles. The lowest BCUT2D eigenvalue weighted by atomic mass is 9.95. The quantitative estimate of drug-likeness (QED) is 0.668. The van der Waals surface area contributed by atoms with Crippen molar-refractivity contribution in [1.82, 2.24) is 0 Å². The normalized spacial score (nSPS) is 14.9. The van der Waals surface area contributed by atoms with Crippen LogP contribution >= 0.6 is 15.9 Å². The molecule has 0 spiro atoms. The average Bonchev–Trinajstić information content (AvgIpc) is 2.31. The van der Waals surface area contributed by atoms with Gasteiger partial charge in [0.25, 0.3) is 0 Å². The largest absolute Gasteiger partial charge is 0.385 e. The summed E-state index contributed by atoms with van der Waals surface area (Å²) in [6.07, 6.45) is -1.24. The van der Waals surface area contributed by atoms with E-state index in [4.69, 9.17) is 9.47 Å². The second kappa shape index (κ2) is 6.06. The molecule has 3 nitrogen and oxygen atoms in total. The molecule has 1 unspecified atom stereocenters. The molecular weight excluding hydrogens is 310 g/mol. The van der Waals surface area contributed by atoms with Crippen molar-refractivity contribution in [2.75, 3.05) is 14.2 Å². The number of aliphatic hydroxyl groups is 1. The molecule has 0 bridgehead atoms. The summed E-state index contributed by atoms with van der Waals surface area (Å²) in [4.78, 5) is 0. The van der Waals surface area contributed by atoms with Crippen LogP contribution in [0, 0.1) is 11.6 Å². The van der Waals surface area contributed by atoms with Gasteiger partial charge >= 0.3 is 0 Å². The summed E-state index contributed by atoms with van der Waals surface area (Å²) in [5.41, 5.74) is -1.76. The minimum atomic E-state index is -1.55. The van der Waals surface area contributed by atoms with E-state index in [9.17, 15) is 13.9 Å². The fraction of sp³-hybridized carbons (Fsp3) is 0.500. The number of benzene rings is 1. The first-order valence-electron chi connectivity index (χ1n) is 5.23. The first kappa shape index (κ1) is 15.5. The maximum atomic E-state index is 13.8. The molecule has 0 amide bonds. The van der Waals surface area contributed by atoms with E-state index in [-0.39, 0.29) is 16.5 Å². The molecule has 1 aromatic rings. The summed E-state index contributed by atoms with van der Waals surface area (Å²) in [6.45, 7) is 1.39. The first-order chi connectivity index (χ1) is 8.33. The molecule has 0 aliphatic rings. The fourth-order valence-electron chi connectivity index (χ4n) is 1.78. The maximum absolute atomic E-state index is 13.8. The Morgan fingerprint density at radius 3 is 2.39 bits per heavy atom. The summed E-state index contributed by atoms with van der Waals surface area (Å²) < 4.78 is 37.3. The Hall–Kier alpha value is -0.560. The number of halogens is 3. The second-order valence-corrected chi connectivity index (χ2v) is 5.01. The van der Waals surface area contributed by atoms with Crippen LogP contribution in [0.25, 0.3) is 0 Å². The molecular formula is C12H15BrF2O3. The van der Waals surface area contributed by atoms with Gasteiger partial charge in [0.1, 0.15) is 17.2 Å². The molecule has 0 radical (unpaired) electrons. The van der Waals surface area contributed by atoms with Crippen LogP contribution in [-0.4, -0.2) is 31.2 Å². The molecule has 1 rings (SSSR count). The van der Waals surface area contributed by atoms with Gasteiger partial charge < -0.3 is 14.6 Å². The topological polar surface area (TPSA) is 38.7 Å². The Morgan fingerprint density at radius 1 is 1.33 bits per heavy atom. The minimum Gasteiger partial charge on any atom is -0.385 e. The number of hydrogen-bond acceptors (Lipinski definition) is 3. The fourth-order valence-corrected chi connectivity index (χ4v) is 2.15. The molecule has 1 atom stereocenters. The third kappa shape index (κ3) is 3.26. The first-order valence-corrected chi connectivity index (χ1v) is 6.03. The van der Waals surface area contributed by atoms with Gasteiger partial charge in [0.05, 0.1) is 4.47 Å². The van der Waals surface area contributed by atoms with Gasteiger partial charge in [0, 0.05) is 26.2 Å². The van der Waals surface area contributed by atoms with Gasteiger partial charge in [-0.1, -0.05) is 0 Å². The van der Waals surface area contributed by atoms with Crippen molar-refractivity contribution < 1.29 is 23.4 Å². The number of methoxy groups -OCH3 is 2. The van der Waals surface area contributed by atoms with Crippen molar-refractivity contribution in [3.63, 3.8) is 0 Å². The number of rotatable bonds is 5. The van der Waals surface area contributed by atoms with Gasteiger partial charge in [0.15, 0.2) is 6.29 Å². The van der Waals surface area contributed by atoms with Crippen LogP contribution in [0.1, 0.15) is 12.5 Å². The van der Waals surface area contributed by atoms with Crippen LogP contribution in [-0.2, 0) is 15.9 Å². The molecule has 0 aliphatic heterocycles. The van der Waals surface area contributed by atoms with Gasteiger partial charge in [-0.25, -0.2) is 8.78 Å². The molecule has 0 heterocycles. The highest BCUT2D eigenvalue weighted by molar-refractivity contribution is 9.10. The zero-order chi connectivity index (χ0) is 13.9. The van der Waals surface area contributed by atoms with E-state index in [2.05, 4.69) is 15.9 Å². The Morgan fingerprint density at radius 2 is 1.89 bits per heavy atom. The summed E-state index contributed by atoms with van der Waals surface area (Å²) in [5.74, 6) is -1.46. The molecule has 0 aromatic heterocycles. The van der Waals surface area contributed by atoms with Crippen molar-refractivity contribution >= 4 is 15.9 Å². The highest BCUT2D eigenvalue weighted by Gasteiger charge is 2.34. The molecule has 0 saturated heterocycles. The van der Waals surface area contributed by atoms with E-state index in [0.717, 1.165) is 6.07 Å². The van der Waals surface area contributed by atoms with Crippen molar-refractivity contribution in [1.29, 1.82) is 0 Å². The monoisotopic (exact) mass is 324 g/mol. The van der Waals surface area contributed by atoms with E-state index in [1.807, 2.05) is 0 Å². The lowest BCUT2D eigenvalue weighted by Crippen LogP contribution is -2.44. The van der Waals surface area contributed by atoms with Crippen LogP contribution in [0.5, 0.6) is 0 Å². The molecule has 0 saturated carbocycles. The number of ether oxygens (including phenoxy) is 2. The highest BCUT2D eigenvalue weighted by Crippen LogP contribution is 2.27. The standard InChI is InChI=1S/C12H15BrF2O3/c1-12(16,11(17-2)18-3)6-7-9(14)5-4-8(13)10(7)15/h4-5,11,16H,6H2,1-3H3. The summed E-state index contributed by atoms with van der Waals surface area (Å²) in [7, 11) is 2.69. The molecule has 18 heavy (non-hydrogen) atoms. The van der Waals surface area contributed by atoms with Crippen LogP contribution < -0.4 is 0 Å². The van der Waals surface area contributed by atoms with Crippen LogP contribution in [0.2, 0.25) is 0 Å². The van der Waals surface area contributed by atoms with E-state index in [1.54, 1.807) is 0 Å². The van der Waals surface area contributed by atoms with Crippen molar-refractivity contribution in [3.8, 4) is 0 Å². The Balaban J connectivity index is 3.07. The number of hydrogen-bond donors (Lipinski definition) is 1. The predicted octanol–water partition coefficient (Wildman–Crippen LogP) is 2.64. The van der Waals surface area contributed by atoms with Crippen LogP contribution in [0.3, 0.4) is 0 Å². The zero-order valence-electron chi connectivity index (χ0n) is 10.3. The molecule has 1 N–H and O–H groups in total. The molecule has 102 valence electrons. The zero-order valence-corrected chi connectivity index (χ0v) is 11.9. The average molecular weight is 325 g/mol. The van der Waals surface area contributed by atoms with E-state index in [1.165, 1.54) is 27.2 Å². The van der Waals surface area contributed by atoms with Gasteiger partial charge in [-0.2, -0.15) is 0 Å². The van der Waals surface area contributed by atoms with Gasteiger partial charge in [-0.3, -0.25) is 0 Å². The van der Waals surface area contributed by atoms with E-state index >= 15 is 0 Å². The van der Waals surface area contributed by atoms with Gasteiger partial charge in [-0.05, 0) is 35.0 Å². The summed E-state index contributed by atoms with van der Waals surface area (Å²) in [5, 5.41) is 10.2. The van der Waals surface area contributed by atoms with Gasteiger partial charge in [0.2, 0.25) is 0 Å². The lowest BCUT2D eigenvalue weighted by Gasteiger charge is -2.30. The van der Waals surface area contributed by atoms with Crippen molar-refractivity contribution in [2.24, 2.45) is 0 Å². The van der Waals surface area contributed by atoms with E-state index < -0.39 is 23.5 Å². The Bertz CT molecular complexity index is 420.